The van der Waals surface area contributed by atoms with Gasteiger partial charge in [0, 0.05) is 40.4 Å². The smallest absolute Gasteiger partial charge is 0.137 e. The van der Waals surface area contributed by atoms with Crippen LogP contribution in [-0.2, 0) is 6.42 Å². The molecule has 3 aromatic heterocycles. The van der Waals surface area contributed by atoms with Crippen LogP contribution in [0.2, 0.25) is 0 Å². The van der Waals surface area contributed by atoms with Crippen LogP contribution in [0.5, 0.6) is 11.5 Å². The van der Waals surface area contributed by atoms with Crippen molar-refractivity contribution in [3.05, 3.63) is 131 Å². The van der Waals surface area contributed by atoms with Gasteiger partial charge >= 0.3 is 0 Å². The highest BCUT2D eigenvalue weighted by Gasteiger charge is 2.27. The van der Waals surface area contributed by atoms with E-state index in [9.17, 15) is 0 Å². The first-order chi connectivity index (χ1) is 25.1. The fourth-order valence-corrected chi connectivity index (χ4v) is 7.88. The normalized spacial score (nSPS) is 13.5. The number of aromatic nitrogens is 4. The first kappa shape index (κ1) is 36.2. The van der Waals surface area contributed by atoms with E-state index in [0.717, 1.165) is 51.8 Å². The maximum Gasteiger partial charge on any atom is 0.137 e. The third-order valence-corrected chi connectivity index (χ3v) is 11.1. The molecule has 0 radical (unpaired) electrons. The number of hydrogen-bond donors (Lipinski definition) is 0. The number of nitrogens with zero attached hydrogens (tertiary/aromatic N) is 4. The van der Waals surface area contributed by atoms with Crippen LogP contribution in [0.25, 0.3) is 44.4 Å². The second-order valence-corrected chi connectivity index (χ2v) is 17.4. The van der Waals surface area contributed by atoms with Crippen LogP contribution in [-0.4, -0.2) is 19.3 Å². The van der Waals surface area contributed by atoms with E-state index in [-0.39, 0.29) is 10.8 Å². The van der Waals surface area contributed by atoms with E-state index in [4.69, 9.17) is 14.8 Å². The zero-order valence-electron chi connectivity index (χ0n) is 33.4. The minimum Gasteiger partial charge on any atom is -0.457 e. The molecule has 0 bridgehead atoms. The van der Waals surface area contributed by atoms with Gasteiger partial charge in [-0.1, -0.05) is 91.8 Å². The summed E-state index contributed by atoms with van der Waals surface area (Å²) < 4.78 is 11.2. The number of pyridine rings is 1. The maximum atomic E-state index is 6.83. The largest absolute Gasteiger partial charge is 0.457 e. The number of hydrogen-bond acceptors (Lipinski definition) is 3. The van der Waals surface area contributed by atoms with E-state index in [0.29, 0.717) is 11.8 Å². The molecular weight excluding hydrogens is 649 g/mol. The molecule has 2 atom stereocenters. The number of aryl methyl sites for hydroxylation is 2. The molecular formula is C48H54N4O. The lowest BCUT2D eigenvalue weighted by atomic mass is 9.72. The third-order valence-electron chi connectivity index (χ3n) is 11.1. The summed E-state index contributed by atoms with van der Waals surface area (Å²) in [6.07, 6.45) is 2.80. The number of fused-ring (bicyclic) bond motifs is 3. The van der Waals surface area contributed by atoms with Gasteiger partial charge in [-0.25, -0.2) is 9.67 Å². The predicted molar refractivity (Wildman–Crippen MR) is 222 cm³/mol. The molecule has 3 heterocycles. The molecule has 0 saturated heterocycles. The Bertz CT molecular complexity index is 2430. The standard InChI is InChI=1S/C48H54N4O/c1-30-21-22-49-45(23-30)51-43-20-17-37(31(2)32(3)48(9,10)11)26-42(43)41-19-18-39(28-44(41)51)53-40-25-35(29-47(6,7)8)24-38(27-40)52-34(5)46(33(4)50-52)36-15-13-12-14-16-36/h12-28,31-32H,29H2,1-11H3. The van der Waals surface area contributed by atoms with Gasteiger partial charge < -0.3 is 4.74 Å². The van der Waals surface area contributed by atoms with Crippen molar-refractivity contribution in [3.63, 3.8) is 0 Å². The Morgan fingerprint density at radius 3 is 2.17 bits per heavy atom. The molecule has 0 aliphatic heterocycles. The molecule has 2 unspecified atom stereocenters. The fraction of sp³-hybridized carbons (Fsp3) is 0.333. The highest BCUT2D eigenvalue weighted by Crippen LogP contribution is 2.41. The monoisotopic (exact) mass is 702 g/mol. The van der Waals surface area contributed by atoms with Gasteiger partial charge in [0.25, 0.3) is 0 Å². The van der Waals surface area contributed by atoms with E-state index in [1.807, 2.05) is 12.3 Å². The zero-order chi connectivity index (χ0) is 37.8. The SMILES string of the molecule is Cc1ccnc(-n2c3ccc(C(C)C(C)C(C)(C)C)cc3c3ccc(Oc4cc(CC(C)(C)C)cc(-n5nc(C)c(-c6ccccc6)c5C)c4)cc32)c1. The molecule has 0 amide bonds. The predicted octanol–water partition coefficient (Wildman–Crippen LogP) is 13.1. The molecule has 53 heavy (non-hydrogen) atoms. The van der Waals surface area contributed by atoms with Crippen LogP contribution in [0, 0.1) is 37.5 Å². The third kappa shape index (κ3) is 7.27. The van der Waals surface area contributed by atoms with Crippen LogP contribution in [0.3, 0.4) is 0 Å². The first-order valence-corrected chi connectivity index (χ1v) is 19.0. The number of rotatable bonds is 8. The summed E-state index contributed by atoms with van der Waals surface area (Å²) in [6.45, 7) is 24.9. The van der Waals surface area contributed by atoms with Crippen molar-refractivity contribution in [2.24, 2.45) is 16.7 Å². The van der Waals surface area contributed by atoms with E-state index in [1.54, 1.807) is 0 Å². The highest BCUT2D eigenvalue weighted by atomic mass is 16.5. The molecule has 7 aromatic rings. The van der Waals surface area contributed by atoms with Crippen molar-refractivity contribution in [2.75, 3.05) is 0 Å². The number of ether oxygens (including phenoxy) is 1. The Hall–Kier alpha value is -5.16. The molecule has 0 aliphatic rings. The average Bonchev–Trinajstić information content (AvgIpc) is 3.58. The number of benzene rings is 4. The van der Waals surface area contributed by atoms with E-state index >= 15 is 0 Å². The topological polar surface area (TPSA) is 44.9 Å². The Morgan fingerprint density at radius 2 is 1.47 bits per heavy atom. The van der Waals surface area contributed by atoms with Crippen molar-refractivity contribution in [1.29, 1.82) is 0 Å². The van der Waals surface area contributed by atoms with E-state index in [2.05, 4.69) is 176 Å². The van der Waals surface area contributed by atoms with E-state index in [1.165, 1.54) is 38.6 Å². The van der Waals surface area contributed by atoms with Gasteiger partial charge in [-0.2, -0.15) is 5.10 Å². The molecule has 0 saturated carbocycles. The Morgan fingerprint density at radius 1 is 0.717 bits per heavy atom. The fourth-order valence-electron chi connectivity index (χ4n) is 7.88. The summed E-state index contributed by atoms with van der Waals surface area (Å²) in [7, 11) is 0. The maximum absolute atomic E-state index is 6.83. The molecule has 5 nitrogen and oxygen atoms in total. The van der Waals surface area contributed by atoms with Crippen LogP contribution in [0.15, 0.2) is 103 Å². The average molecular weight is 703 g/mol. The van der Waals surface area contributed by atoms with Crippen LogP contribution in [0.4, 0.5) is 0 Å². The van der Waals surface area contributed by atoms with Gasteiger partial charge in [-0.05, 0) is 121 Å². The minimum absolute atomic E-state index is 0.0991. The lowest BCUT2D eigenvalue weighted by molar-refractivity contribution is 0.228. The molecule has 272 valence electrons. The molecule has 7 rings (SSSR count). The van der Waals surface area contributed by atoms with Crippen LogP contribution >= 0.6 is 0 Å². The van der Waals surface area contributed by atoms with Gasteiger partial charge in [-0.3, -0.25) is 4.57 Å². The first-order valence-electron chi connectivity index (χ1n) is 19.0. The van der Waals surface area contributed by atoms with Crippen molar-refractivity contribution < 1.29 is 4.74 Å². The van der Waals surface area contributed by atoms with Gasteiger partial charge in [-0.15, -0.1) is 0 Å². The van der Waals surface area contributed by atoms with Crippen LogP contribution in [0.1, 0.15) is 89.4 Å². The molecule has 0 aliphatic carbocycles. The van der Waals surface area contributed by atoms with Crippen molar-refractivity contribution in [1.82, 2.24) is 19.3 Å². The van der Waals surface area contributed by atoms with Crippen LogP contribution < -0.4 is 4.74 Å². The second kappa shape index (κ2) is 13.7. The molecule has 4 aromatic carbocycles. The van der Waals surface area contributed by atoms with Crippen molar-refractivity contribution in [3.8, 4) is 34.1 Å². The van der Waals surface area contributed by atoms with Crippen molar-refractivity contribution >= 4 is 21.8 Å². The summed E-state index contributed by atoms with van der Waals surface area (Å²) in [5.41, 5.74) is 11.7. The second-order valence-electron chi connectivity index (χ2n) is 17.4. The lowest BCUT2D eigenvalue weighted by Crippen LogP contribution is -2.22. The molecule has 0 N–H and O–H groups in total. The van der Waals surface area contributed by atoms with Crippen molar-refractivity contribution in [2.45, 2.75) is 88.5 Å². The minimum atomic E-state index is 0.0991. The lowest BCUT2D eigenvalue weighted by Gasteiger charge is -2.32. The summed E-state index contributed by atoms with van der Waals surface area (Å²) in [5.74, 6) is 3.40. The van der Waals surface area contributed by atoms with E-state index < -0.39 is 0 Å². The van der Waals surface area contributed by atoms with Gasteiger partial charge in [0.05, 0.1) is 22.4 Å². The van der Waals surface area contributed by atoms with Gasteiger partial charge in [0.2, 0.25) is 0 Å². The molecule has 5 heteroatoms. The Labute approximate surface area is 315 Å². The Balaban J connectivity index is 1.35. The Kier molecular flexibility index (Phi) is 9.34. The summed E-state index contributed by atoms with van der Waals surface area (Å²) >= 11 is 0. The molecule has 0 spiro atoms. The van der Waals surface area contributed by atoms with Gasteiger partial charge in [0.15, 0.2) is 0 Å². The van der Waals surface area contributed by atoms with Gasteiger partial charge in [0.1, 0.15) is 17.3 Å². The summed E-state index contributed by atoms with van der Waals surface area (Å²) in [4.78, 5) is 4.86. The summed E-state index contributed by atoms with van der Waals surface area (Å²) in [6, 6.07) is 34.8. The zero-order valence-corrected chi connectivity index (χ0v) is 33.4. The molecule has 0 fully saturated rings. The quantitative estimate of drug-likeness (QED) is 0.158. The highest BCUT2D eigenvalue weighted by molar-refractivity contribution is 6.09. The summed E-state index contributed by atoms with van der Waals surface area (Å²) in [5, 5.41) is 7.47.